The Kier molecular flexibility index (Phi) is 17.4. The topological polar surface area (TPSA) is 132 Å². The molecule has 0 aliphatic carbocycles. The minimum Gasteiger partial charge on any atom is -0.361 e. The van der Waals surface area contributed by atoms with Crippen molar-refractivity contribution in [1.29, 1.82) is 10.5 Å². The van der Waals surface area contributed by atoms with Gasteiger partial charge in [-0.2, -0.15) is 10.5 Å². The number of alkyl halides is 2. The number of ether oxygens (including phenoxy) is 2. The van der Waals surface area contributed by atoms with Gasteiger partial charge >= 0.3 is 18.9 Å². The fourth-order valence-corrected chi connectivity index (χ4v) is 1.66. The van der Waals surface area contributed by atoms with Crippen molar-refractivity contribution in [3.05, 3.63) is 45.9 Å². The minimum absolute atomic E-state index is 0. The number of aromatic nitrogens is 4. The number of nitrogens with one attached hydrogen (secondary N) is 2. The zero-order valence-corrected chi connectivity index (χ0v) is 19.1. The Morgan fingerprint density at radius 3 is 1.40 bits per heavy atom. The van der Waals surface area contributed by atoms with Crippen LogP contribution < -0.4 is 18.9 Å². The number of nitrogens with zero attached hydrogens (tertiary/aromatic N) is 6. The largest absolute Gasteiger partial charge is 1.00 e. The molecule has 2 aromatic rings. The molecule has 0 aliphatic heterocycles. The van der Waals surface area contributed by atoms with Crippen molar-refractivity contribution in [3.8, 4) is 12.1 Å². The number of nitriles is 2. The summed E-state index contributed by atoms with van der Waals surface area (Å²) in [7, 11) is 18.1. The van der Waals surface area contributed by atoms with Crippen LogP contribution in [0.5, 0.6) is 0 Å². The van der Waals surface area contributed by atoms with E-state index < -0.39 is 18.1 Å². The molecule has 167 valence electrons. The number of H-pyrrole nitrogens is 2. The standard InChI is InChI=1S/2C8H7FN4O.CH4.B5.Li/c2*1-8(9,14-3)7-12-5(4-10)6(11-2)13-7;;1-4-5(2)3;/h2*1,3H3,(H,12,13);1H4;;/q;;;;+1. The summed E-state index contributed by atoms with van der Waals surface area (Å²) in [5.74, 6) is -4.75. The molecule has 0 aromatic carbocycles. The van der Waals surface area contributed by atoms with E-state index in [0.717, 1.165) is 13.8 Å². The molecule has 2 rings (SSSR count). The van der Waals surface area contributed by atoms with Crippen molar-refractivity contribution in [2.45, 2.75) is 33.0 Å². The third-order valence-electron chi connectivity index (χ3n) is 3.64. The van der Waals surface area contributed by atoms with E-state index in [2.05, 4.69) is 39.1 Å². The van der Waals surface area contributed by atoms with Gasteiger partial charge in [-0.1, -0.05) is 20.6 Å². The third-order valence-corrected chi connectivity index (χ3v) is 3.64. The predicted molar refractivity (Wildman–Crippen MR) is 126 cm³/mol. The maximum absolute atomic E-state index is 13.5. The van der Waals surface area contributed by atoms with E-state index in [1.807, 2.05) is 0 Å². The first-order valence-electron chi connectivity index (χ1n) is 8.67. The number of hydrogen-bond acceptors (Lipinski definition) is 6. The molecule has 0 aliphatic rings. The summed E-state index contributed by atoms with van der Waals surface area (Å²) in [5.41, 5.74) is -0.258. The summed E-state index contributed by atoms with van der Waals surface area (Å²) in [5, 5.41) is 17.1. The molecular weight excluding hydrogens is 447 g/mol. The van der Waals surface area contributed by atoms with Gasteiger partial charge in [-0.15, -0.1) is 0 Å². The van der Waals surface area contributed by atoms with Crippen LogP contribution in [0.3, 0.4) is 0 Å². The smallest absolute Gasteiger partial charge is 0.361 e. The Hall–Kier alpha value is -2.92. The zero-order valence-electron chi connectivity index (χ0n) is 19.1. The van der Waals surface area contributed by atoms with E-state index in [4.69, 9.17) is 46.9 Å². The molecule has 35 heavy (non-hydrogen) atoms. The predicted octanol–water partition coefficient (Wildman–Crippen LogP) is -1.02. The first-order chi connectivity index (χ1) is 15.4. The zero-order chi connectivity index (χ0) is 25.8. The summed E-state index contributed by atoms with van der Waals surface area (Å²) < 4.78 is 36.0. The van der Waals surface area contributed by atoms with Gasteiger partial charge in [-0.25, -0.2) is 18.7 Å². The van der Waals surface area contributed by atoms with Crippen LogP contribution in [-0.4, -0.2) is 70.8 Å². The Bertz CT molecular complexity index is 955. The number of halogens is 2. The van der Waals surface area contributed by atoms with Crippen molar-refractivity contribution in [2.75, 3.05) is 14.2 Å². The molecule has 2 atom stereocenters. The molecule has 0 saturated heterocycles. The van der Waals surface area contributed by atoms with Gasteiger partial charge in [0.15, 0.2) is 11.4 Å². The van der Waals surface area contributed by atoms with E-state index in [0.29, 0.717) is 0 Å². The molecule has 2 aromatic heterocycles. The molecule has 0 saturated carbocycles. The second-order valence-electron chi connectivity index (χ2n) is 6.02. The molecule has 0 amide bonds. The van der Waals surface area contributed by atoms with Gasteiger partial charge in [-0.3, -0.25) is 9.97 Å². The molecule has 10 nitrogen and oxygen atoms in total. The van der Waals surface area contributed by atoms with Gasteiger partial charge in [-0.05, 0) is 0 Å². The molecule has 2 heterocycles. The second-order valence-corrected chi connectivity index (χ2v) is 6.02. The van der Waals surface area contributed by atoms with E-state index in [1.165, 1.54) is 21.3 Å². The van der Waals surface area contributed by atoms with Crippen molar-refractivity contribution < 1.29 is 37.1 Å². The van der Waals surface area contributed by atoms with Crippen LogP contribution >= 0.6 is 0 Å². The summed E-state index contributed by atoms with van der Waals surface area (Å²) in [6, 6.07) is 3.37. The van der Waals surface area contributed by atoms with Crippen molar-refractivity contribution in [1.82, 2.24) is 19.9 Å². The van der Waals surface area contributed by atoms with E-state index in [-0.39, 0.29) is 61.0 Å². The first-order valence-corrected chi connectivity index (χ1v) is 8.67. The molecule has 0 fully saturated rings. The normalized spacial score (nSPS) is 12.2. The van der Waals surface area contributed by atoms with E-state index in [1.54, 1.807) is 12.1 Å². The maximum Gasteiger partial charge on any atom is 1.00 e. The van der Waals surface area contributed by atoms with Crippen LogP contribution in [0.1, 0.15) is 44.3 Å². The van der Waals surface area contributed by atoms with Crippen LogP contribution in [0.15, 0.2) is 0 Å². The average Bonchev–Trinajstić information content (AvgIpc) is 3.44. The minimum atomic E-state index is -2.12. The Balaban J connectivity index is -0.000000469. The summed E-state index contributed by atoms with van der Waals surface area (Å²) in [6.07, 6.45) is -0.463. The quantitative estimate of drug-likeness (QED) is 0.429. The number of aromatic amines is 2. The monoisotopic (exact) mass is 466 g/mol. The van der Waals surface area contributed by atoms with Gasteiger partial charge in [0.1, 0.15) is 12.1 Å². The molecular formula is C17H18B5F2LiN8O2+. The van der Waals surface area contributed by atoms with E-state index in [9.17, 15) is 8.78 Å². The van der Waals surface area contributed by atoms with Gasteiger partial charge in [0.2, 0.25) is 11.6 Å². The number of imidazole rings is 2. The summed E-state index contributed by atoms with van der Waals surface area (Å²) >= 11 is 0. The molecule has 18 heteroatoms. The summed E-state index contributed by atoms with van der Waals surface area (Å²) in [6.45, 7) is 15.7. The molecule has 0 bridgehead atoms. The summed E-state index contributed by atoms with van der Waals surface area (Å²) in [4.78, 5) is 18.0. The van der Waals surface area contributed by atoms with Gasteiger partial charge < -0.3 is 19.2 Å². The number of hydrogen-bond donors (Lipinski definition) is 2. The third kappa shape index (κ3) is 10.9. The van der Waals surface area contributed by atoms with Crippen molar-refractivity contribution >= 4 is 48.3 Å². The molecule has 2 unspecified atom stereocenters. The van der Waals surface area contributed by atoms with Crippen LogP contribution in [0.2, 0.25) is 0 Å². The van der Waals surface area contributed by atoms with Crippen molar-refractivity contribution in [2.24, 2.45) is 0 Å². The van der Waals surface area contributed by atoms with Gasteiger partial charge in [0, 0.05) is 64.7 Å². The molecule has 0 spiro atoms. The van der Waals surface area contributed by atoms with E-state index >= 15 is 0 Å². The first kappa shape index (κ1) is 36.6. The fraction of sp³-hybridized carbons (Fsp3) is 0.412. The Morgan fingerprint density at radius 1 is 0.971 bits per heavy atom. The van der Waals surface area contributed by atoms with Crippen LogP contribution in [0.4, 0.5) is 20.4 Å². The maximum atomic E-state index is 13.5. The molecule has 7 radical (unpaired) electrons. The number of methoxy groups -OCH3 is 2. The Labute approximate surface area is 220 Å². The van der Waals surface area contributed by atoms with Gasteiger partial charge in [0.05, 0.1) is 0 Å². The van der Waals surface area contributed by atoms with Crippen LogP contribution in [-0.2, 0) is 21.2 Å². The molecule has 2 N–H and O–H groups in total. The Morgan fingerprint density at radius 2 is 1.26 bits per heavy atom. The van der Waals surface area contributed by atoms with Crippen LogP contribution in [0.25, 0.3) is 9.69 Å². The van der Waals surface area contributed by atoms with Gasteiger partial charge in [0.25, 0.3) is 23.3 Å². The average molecular weight is 465 g/mol. The fourth-order valence-electron chi connectivity index (χ4n) is 1.66. The SMILES string of the molecule is C.[B][B]B([B])[B].[C-]#[N+]c1[nH]c(C(C)(F)OC)nc1C#N.[C-]#[N+]c1[nH]c(C(C)(F)OC)nc1C#N.[Li+]. The second kappa shape index (κ2) is 16.7. The number of rotatable bonds is 5. The van der Waals surface area contributed by atoms with Crippen LogP contribution in [0, 0.1) is 35.8 Å². The van der Waals surface area contributed by atoms with Crippen molar-refractivity contribution in [3.63, 3.8) is 0 Å².